The summed E-state index contributed by atoms with van der Waals surface area (Å²) in [6.45, 7) is 4.06. The molecule has 1 aromatic carbocycles. The van der Waals surface area contributed by atoms with E-state index in [4.69, 9.17) is 0 Å². The normalized spacial score (nSPS) is 10.5. The van der Waals surface area contributed by atoms with Crippen molar-refractivity contribution in [2.45, 2.75) is 13.8 Å². The summed E-state index contributed by atoms with van der Waals surface area (Å²) in [6.07, 6.45) is 0. The van der Waals surface area contributed by atoms with Gasteiger partial charge in [0.05, 0.1) is 9.26 Å². The largest absolute Gasteiger partial charge is 0.372 e. The Balaban J connectivity index is 2.57. The molecule has 0 aliphatic carbocycles. The van der Waals surface area contributed by atoms with Gasteiger partial charge in [-0.1, -0.05) is 22.0 Å². The van der Waals surface area contributed by atoms with Crippen molar-refractivity contribution in [2.24, 2.45) is 0 Å². The van der Waals surface area contributed by atoms with Gasteiger partial charge in [0.15, 0.2) is 5.82 Å². The average molecular weight is 418 g/mol. The molecular weight excluding hydrogens is 405 g/mol. The van der Waals surface area contributed by atoms with Crippen LogP contribution in [0, 0.1) is 17.4 Å². The van der Waals surface area contributed by atoms with Gasteiger partial charge in [0.2, 0.25) is 0 Å². The topological polar surface area (TPSA) is 37.8 Å². The van der Waals surface area contributed by atoms with Crippen LogP contribution in [0.4, 0.5) is 5.82 Å². The molecular formula is C13H13BrIN3. The Morgan fingerprint density at radius 3 is 2.56 bits per heavy atom. The van der Waals surface area contributed by atoms with Gasteiger partial charge < -0.3 is 5.32 Å². The third-order valence-electron chi connectivity index (χ3n) is 2.67. The van der Waals surface area contributed by atoms with E-state index in [2.05, 4.69) is 66.8 Å². The van der Waals surface area contributed by atoms with Crippen molar-refractivity contribution in [1.82, 2.24) is 9.97 Å². The Kier molecular flexibility index (Phi) is 4.21. The molecule has 0 radical (unpaired) electrons. The predicted molar refractivity (Wildman–Crippen MR) is 86.9 cm³/mol. The molecule has 94 valence electrons. The molecule has 18 heavy (non-hydrogen) atoms. The number of aromatic nitrogens is 2. The van der Waals surface area contributed by atoms with Crippen LogP contribution >= 0.6 is 38.5 Å². The smallest absolute Gasteiger partial charge is 0.161 e. The van der Waals surface area contributed by atoms with Crippen LogP contribution in [-0.2, 0) is 0 Å². The third-order valence-corrected chi connectivity index (χ3v) is 4.85. The Bertz CT molecular complexity index is 599. The maximum Gasteiger partial charge on any atom is 0.161 e. The average Bonchev–Trinajstić information content (AvgIpc) is 2.36. The van der Waals surface area contributed by atoms with Crippen molar-refractivity contribution in [1.29, 1.82) is 0 Å². The van der Waals surface area contributed by atoms with Gasteiger partial charge in [-0.05, 0) is 54.1 Å². The SMILES string of the molecule is CNc1nc(-c2ccc(Br)c(C)c2)nc(C)c1I. The lowest BCUT2D eigenvalue weighted by Gasteiger charge is -2.09. The fourth-order valence-corrected chi connectivity index (χ4v) is 2.40. The number of benzene rings is 1. The number of nitrogens with zero attached hydrogens (tertiary/aromatic N) is 2. The van der Waals surface area contributed by atoms with Gasteiger partial charge in [-0.15, -0.1) is 0 Å². The van der Waals surface area contributed by atoms with Crippen LogP contribution in [0.3, 0.4) is 0 Å². The lowest BCUT2D eigenvalue weighted by molar-refractivity contribution is 1.09. The van der Waals surface area contributed by atoms with E-state index in [1.807, 2.05) is 26.1 Å². The van der Waals surface area contributed by atoms with Crippen molar-refractivity contribution in [2.75, 3.05) is 12.4 Å². The summed E-state index contributed by atoms with van der Waals surface area (Å²) in [7, 11) is 1.88. The van der Waals surface area contributed by atoms with E-state index in [9.17, 15) is 0 Å². The number of nitrogens with one attached hydrogen (secondary N) is 1. The molecule has 0 unspecified atom stereocenters. The summed E-state index contributed by atoms with van der Waals surface area (Å²) in [4.78, 5) is 9.10. The predicted octanol–water partition coefficient (Wildman–Crippen LogP) is 4.17. The quantitative estimate of drug-likeness (QED) is 0.745. The summed E-state index contributed by atoms with van der Waals surface area (Å²) in [5.74, 6) is 1.63. The lowest BCUT2D eigenvalue weighted by atomic mass is 10.1. The van der Waals surface area contributed by atoms with Crippen molar-refractivity contribution in [3.8, 4) is 11.4 Å². The molecule has 1 aromatic heterocycles. The fourth-order valence-electron chi connectivity index (χ4n) is 1.64. The molecule has 2 rings (SSSR count). The first kappa shape index (κ1) is 13.7. The van der Waals surface area contributed by atoms with Crippen molar-refractivity contribution in [3.05, 3.63) is 37.5 Å². The molecule has 3 nitrogen and oxygen atoms in total. The van der Waals surface area contributed by atoms with Gasteiger partial charge in [-0.25, -0.2) is 9.97 Å². The maximum atomic E-state index is 4.55. The van der Waals surface area contributed by atoms with Gasteiger partial charge in [0.1, 0.15) is 5.82 Å². The third kappa shape index (κ3) is 2.66. The Labute approximate surface area is 129 Å². The molecule has 0 amide bonds. The lowest BCUT2D eigenvalue weighted by Crippen LogP contribution is -2.02. The minimum Gasteiger partial charge on any atom is -0.372 e. The van der Waals surface area contributed by atoms with Crippen LogP contribution in [0.2, 0.25) is 0 Å². The van der Waals surface area contributed by atoms with Crippen LogP contribution < -0.4 is 5.32 Å². The molecule has 0 aliphatic heterocycles. The standard InChI is InChI=1S/C13H13BrIN3/c1-7-6-9(4-5-10(7)14)12-17-8(2)11(15)13(16-3)18-12/h4-6H,1-3H3,(H,16,17,18). The number of aryl methyl sites for hydroxylation is 2. The van der Waals surface area contributed by atoms with Crippen molar-refractivity contribution >= 4 is 44.3 Å². The highest BCUT2D eigenvalue weighted by Crippen LogP contribution is 2.26. The first-order valence-corrected chi connectivity index (χ1v) is 7.38. The summed E-state index contributed by atoms with van der Waals surface area (Å²) >= 11 is 5.76. The molecule has 2 aromatic rings. The first-order chi connectivity index (χ1) is 8.52. The minimum atomic E-state index is 0.757. The van der Waals surface area contributed by atoms with Crippen LogP contribution in [0.25, 0.3) is 11.4 Å². The highest BCUT2D eigenvalue weighted by Gasteiger charge is 2.10. The molecule has 0 saturated heterocycles. The van der Waals surface area contributed by atoms with Gasteiger partial charge >= 0.3 is 0 Å². The Hall–Kier alpha value is -0.690. The van der Waals surface area contributed by atoms with Crippen LogP contribution in [-0.4, -0.2) is 17.0 Å². The van der Waals surface area contributed by atoms with Gasteiger partial charge in [-0.2, -0.15) is 0 Å². The van der Waals surface area contributed by atoms with Crippen LogP contribution in [0.15, 0.2) is 22.7 Å². The van der Waals surface area contributed by atoms with Crippen LogP contribution in [0.5, 0.6) is 0 Å². The number of hydrogen-bond acceptors (Lipinski definition) is 3. The molecule has 0 bridgehead atoms. The molecule has 1 N–H and O–H groups in total. The van der Waals surface area contributed by atoms with Crippen LogP contribution in [0.1, 0.15) is 11.3 Å². The molecule has 0 saturated carbocycles. The van der Waals surface area contributed by atoms with E-state index in [1.165, 1.54) is 5.56 Å². The maximum absolute atomic E-state index is 4.55. The van der Waals surface area contributed by atoms with Gasteiger partial charge in [0.25, 0.3) is 0 Å². The Morgan fingerprint density at radius 1 is 1.22 bits per heavy atom. The minimum absolute atomic E-state index is 0.757. The van der Waals surface area contributed by atoms with Gasteiger partial charge in [-0.3, -0.25) is 0 Å². The molecule has 1 heterocycles. The zero-order valence-corrected chi connectivity index (χ0v) is 14.1. The summed E-state index contributed by atoms with van der Waals surface area (Å²) < 4.78 is 2.16. The first-order valence-electron chi connectivity index (χ1n) is 5.51. The molecule has 0 fully saturated rings. The molecule has 0 aliphatic rings. The van der Waals surface area contributed by atoms with E-state index >= 15 is 0 Å². The van der Waals surface area contributed by atoms with E-state index in [-0.39, 0.29) is 0 Å². The Morgan fingerprint density at radius 2 is 1.94 bits per heavy atom. The fraction of sp³-hybridized carbons (Fsp3) is 0.231. The molecule has 5 heteroatoms. The summed E-state index contributed by atoms with van der Waals surface area (Å²) in [5.41, 5.74) is 3.20. The van der Waals surface area contributed by atoms with Gasteiger partial charge in [0, 0.05) is 17.1 Å². The second kappa shape index (κ2) is 5.52. The van der Waals surface area contributed by atoms with E-state index in [1.54, 1.807) is 0 Å². The number of halogens is 2. The highest BCUT2D eigenvalue weighted by atomic mass is 127. The van der Waals surface area contributed by atoms with Crippen molar-refractivity contribution in [3.63, 3.8) is 0 Å². The monoisotopic (exact) mass is 417 g/mol. The van der Waals surface area contributed by atoms with Crippen molar-refractivity contribution < 1.29 is 0 Å². The van der Waals surface area contributed by atoms with E-state index in [0.29, 0.717) is 0 Å². The summed E-state index contributed by atoms with van der Waals surface area (Å²) in [5, 5.41) is 3.10. The number of rotatable bonds is 2. The zero-order chi connectivity index (χ0) is 13.3. The highest BCUT2D eigenvalue weighted by molar-refractivity contribution is 14.1. The summed E-state index contributed by atoms with van der Waals surface area (Å²) in [6, 6.07) is 6.14. The number of hydrogen-bond donors (Lipinski definition) is 1. The second-order valence-corrected chi connectivity index (χ2v) is 5.94. The zero-order valence-electron chi connectivity index (χ0n) is 10.4. The number of anilines is 1. The second-order valence-electron chi connectivity index (χ2n) is 4.01. The van der Waals surface area contributed by atoms with E-state index < -0.39 is 0 Å². The molecule has 0 atom stereocenters. The van der Waals surface area contributed by atoms with E-state index in [0.717, 1.165) is 30.9 Å². The molecule has 0 spiro atoms.